The second-order valence-electron chi connectivity index (χ2n) is 6.73. The lowest BCUT2D eigenvalue weighted by molar-refractivity contribution is 0.314. The third-order valence-electron chi connectivity index (χ3n) is 4.62. The molecule has 0 fully saturated rings. The van der Waals surface area contributed by atoms with E-state index < -0.39 is 0 Å². The molecule has 1 aromatic rings. The Morgan fingerprint density at radius 1 is 1.23 bits per heavy atom. The van der Waals surface area contributed by atoms with Crippen molar-refractivity contribution in [1.82, 2.24) is 15.5 Å². The summed E-state index contributed by atoms with van der Waals surface area (Å²) in [6.45, 7) is 3.21. The molecule has 22 heavy (non-hydrogen) atoms. The molecule has 0 spiro atoms. The summed E-state index contributed by atoms with van der Waals surface area (Å²) in [6.07, 6.45) is 3.66. The lowest BCUT2D eigenvalue weighted by Crippen LogP contribution is -2.47. The third kappa shape index (κ3) is 3.18. The fraction of sp³-hybridized carbons (Fsp3) is 0.500. The van der Waals surface area contributed by atoms with E-state index in [1.165, 1.54) is 35.2 Å². The van der Waals surface area contributed by atoms with Gasteiger partial charge >= 0.3 is 0 Å². The molecule has 1 aliphatic heterocycles. The monoisotopic (exact) mass is 315 g/mol. The van der Waals surface area contributed by atoms with Crippen LogP contribution in [0.1, 0.15) is 36.4 Å². The van der Waals surface area contributed by atoms with Crippen LogP contribution in [0.2, 0.25) is 0 Å². The number of rotatable bonds is 3. The molecule has 0 aromatic heterocycles. The Hall–Kier alpha value is -1.39. The molecule has 1 heterocycles. The maximum atomic E-state index is 5.47. The average molecular weight is 315 g/mol. The van der Waals surface area contributed by atoms with Gasteiger partial charge in [0.25, 0.3) is 0 Å². The zero-order chi connectivity index (χ0) is 15.7. The largest absolute Gasteiger partial charge is 0.352 e. The van der Waals surface area contributed by atoms with Crippen LogP contribution in [-0.4, -0.2) is 30.7 Å². The average Bonchev–Trinajstić information content (AvgIpc) is 2.47. The topological polar surface area (TPSA) is 27.3 Å². The molecule has 2 atom stereocenters. The summed E-state index contributed by atoms with van der Waals surface area (Å²) in [5, 5.41) is 7.69. The van der Waals surface area contributed by atoms with E-state index in [1.54, 1.807) is 0 Å². The summed E-state index contributed by atoms with van der Waals surface area (Å²) in [5.41, 5.74) is 5.47. The van der Waals surface area contributed by atoms with Crippen LogP contribution in [0.15, 0.2) is 35.5 Å². The van der Waals surface area contributed by atoms with E-state index >= 15 is 0 Å². The highest BCUT2D eigenvalue weighted by molar-refractivity contribution is 7.80. The van der Waals surface area contributed by atoms with Gasteiger partial charge in [0.05, 0.1) is 6.04 Å². The number of benzene rings is 1. The molecule has 0 radical (unpaired) electrons. The second-order valence-corrected chi connectivity index (χ2v) is 7.14. The molecule has 0 saturated heterocycles. The predicted octanol–water partition coefficient (Wildman–Crippen LogP) is 3.13. The summed E-state index contributed by atoms with van der Waals surface area (Å²) in [4.78, 5) is 2.27. The van der Waals surface area contributed by atoms with Gasteiger partial charge < -0.3 is 15.5 Å². The van der Waals surface area contributed by atoms with Crippen molar-refractivity contribution < 1.29 is 0 Å². The van der Waals surface area contributed by atoms with Crippen molar-refractivity contribution in [1.29, 1.82) is 0 Å². The molecule has 118 valence electrons. The van der Waals surface area contributed by atoms with E-state index in [9.17, 15) is 0 Å². The van der Waals surface area contributed by atoms with Crippen molar-refractivity contribution in [3.05, 3.63) is 46.7 Å². The van der Waals surface area contributed by atoms with Crippen LogP contribution in [0.5, 0.6) is 0 Å². The van der Waals surface area contributed by atoms with Crippen molar-refractivity contribution in [2.45, 2.75) is 32.2 Å². The van der Waals surface area contributed by atoms with Crippen LogP contribution < -0.4 is 10.6 Å². The summed E-state index contributed by atoms with van der Waals surface area (Å²) in [7, 11) is 4.29. The van der Waals surface area contributed by atoms with Gasteiger partial charge in [-0.15, -0.1) is 0 Å². The van der Waals surface area contributed by atoms with Crippen LogP contribution in [0.4, 0.5) is 0 Å². The van der Waals surface area contributed by atoms with Crippen molar-refractivity contribution in [3.63, 3.8) is 0 Å². The molecule has 0 bridgehead atoms. The normalized spacial score (nSPS) is 24.8. The minimum Gasteiger partial charge on any atom is -0.352 e. The van der Waals surface area contributed by atoms with Gasteiger partial charge in [-0.2, -0.15) is 0 Å². The summed E-state index contributed by atoms with van der Waals surface area (Å²) in [6, 6.07) is 9.04. The minimum atomic E-state index is 0.231. The van der Waals surface area contributed by atoms with Gasteiger partial charge in [-0.1, -0.05) is 29.8 Å². The van der Waals surface area contributed by atoms with Crippen molar-refractivity contribution >= 4 is 17.3 Å². The zero-order valence-electron chi connectivity index (χ0n) is 13.6. The lowest BCUT2D eigenvalue weighted by Gasteiger charge is -2.39. The Morgan fingerprint density at radius 2 is 1.95 bits per heavy atom. The Bertz CT molecular complexity index is 589. The smallest absolute Gasteiger partial charge is 0.171 e. The first kappa shape index (κ1) is 15.5. The molecule has 4 heteroatoms. The number of hydrogen-bond donors (Lipinski definition) is 2. The number of nitrogens with zero attached hydrogens (tertiary/aromatic N) is 1. The Balaban J connectivity index is 1.96. The molecule has 2 N–H and O–H groups in total. The van der Waals surface area contributed by atoms with Gasteiger partial charge in [-0.3, -0.25) is 0 Å². The van der Waals surface area contributed by atoms with E-state index in [2.05, 4.69) is 60.8 Å². The molecule has 0 unspecified atom stereocenters. The zero-order valence-corrected chi connectivity index (χ0v) is 14.5. The number of thiocarbonyl (C=S) groups is 1. The van der Waals surface area contributed by atoms with Crippen LogP contribution in [0.25, 0.3) is 0 Å². The molecule has 1 aliphatic carbocycles. The number of aryl methyl sites for hydroxylation is 1. The molecular weight excluding hydrogens is 290 g/mol. The molecular formula is C18H25N3S. The standard InChI is InChI=1S/C18H25N3S/c1-12-7-9-13(10-8-12)16-15-6-4-5-14(11-21(2)3)17(15)20-18(22)19-16/h7-10,14,16H,4-6,11H2,1-3H3,(H2,19,20,22)/t14-,16+/m0/s1. The second kappa shape index (κ2) is 6.39. The first-order chi connectivity index (χ1) is 10.5. The Labute approximate surface area is 138 Å². The van der Waals surface area contributed by atoms with E-state index in [1.807, 2.05) is 0 Å². The highest BCUT2D eigenvalue weighted by Crippen LogP contribution is 2.38. The lowest BCUT2D eigenvalue weighted by atomic mass is 9.80. The molecule has 0 amide bonds. The van der Waals surface area contributed by atoms with Gasteiger partial charge in [0.1, 0.15) is 0 Å². The first-order valence-electron chi connectivity index (χ1n) is 8.06. The third-order valence-corrected chi connectivity index (χ3v) is 4.84. The van der Waals surface area contributed by atoms with Gasteiger partial charge in [0, 0.05) is 18.2 Å². The fourth-order valence-electron chi connectivity index (χ4n) is 3.61. The highest BCUT2D eigenvalue weighted by Gasteiger charge is 2.32. The summed E-state index contributed by atoms with van der Waals surface area (Å²) < 4.78 is 0. The van der Waals surface area contributed by atoms with E-state index in [-0.39, 0.29) is 6.04 Å². The van der Waals surface area contributed by atoms with Crippen LogP contribution in [0, 0.1) is 12.8 Å². The van der Waals surface area contributed by atoms with E-state index in [0.717, 1.165) is 18.1 Å². The van der Waals surface area contributed by atoms with Crippen molar-refractivity contribution in [3.8, 4) is 0 Å². The van der Waals surface area contributed by atoms with Gasteiger partial charge in [0.15, 0.2) is 5.11 Å². The van der Waals surface area contributed by atoms with Crippen LogP contribution in [0.3, 0.4) is 0 Å². The highest BCUT2D eigenvalue weighted by atomic mass is 32.1. The summed E-state index contributed by atoms with van der Waals surface area (Å²) in [5.74, 6) is 0.562. The van der Waals surface area contributed by atoms with Crippen LogP contribution >= 0.6 is 12.2 Å². The minimum absolute atomic E-state index is 0.231. The van der Waals surface area contributed by atoms with E-state index in [4.69, 9.17) is 12.2 Å². The molecule has 3 nitrogen and oxygen atoms in total. The summed E-state index contributed by atoms with van der Waals surface area (Å²) >= 11 is 5.47. The van der Waals surface area contributed by atoms with Crippen LogP contribution in [-0.2, 0) is 0 Å². The van der Waals surface area contributed by atoms with Crippen molar-refractivity contribution in [2.75, 3.05) is 20.6 Å². The Kier molecular flexibility index (Phi) is 4.50. The molecule has 0 saturated carbocycles. The fourth-order valence-corrected chi connectivity index (χ4v) is 3.83. The SMILES string of the molecule is Cc1ccc([C@H]2NC(=S)NC3=C2CCC[C@H]3CN(C)C)cc1. The first-order valence-corrected chi connectivity index (χ1v) is 8.47. The Morgan fingerprint density at radius 3 is 2.64 bits per heavy atom. The molecule has 1 aromatic carbocycles. The molecule has 2 aliphatic rings. The maximum absolute atomic E-state index is 5.47. The van der Waals surface area contributed by atoms with Crippen molar-refractivity contribution in [2.24, 2.45) is 5.92 Å². The number of hydrogen-bond acceptors (Lipinski definition) is 2. The molecule has 3 rings (SSSR count). The van der Waals surface area contributed by atoms with Gasteiger partial charge in [-0.05, 0) is 63.6 Å². The quantitative estimate of drug-likeness (QED) is 0.838. The van der Waals surface area contributed by atoms with Gasteiger partial charge in [-0.25, -0.2) is 0 Å². The predicted molar refractivity (Wildman–Crippen MR) is 95.7 cm³/mol. The van der Waals surface area contributed by atoms with Gasteiger partial charge in [0.2, 0.25) is 0 Å². The number of nitrogens with one attached hydrogen (secondary N) is 2. The maximum Gasteiger partial charge on any atom is 0.171 e. The van der Waals surface area contributed by atoms with E-state index in [0.29, 0.717) is 5.92 Å².